The molecule has 0 saturated heterocycles. The van der Waals surface area contributed by atoms with E-state index in [1.807, 2.05) is 0 Å². The topological polar surface area (TPSA) is 12.9 Å². The van der Waals surface area contributed by atoms with Gasteiger partial charge in [-0.05, 0) is 84.8 Å². The lowest BCUT2D eigenvalue weighted by Gasteiger charge is -2.37. The number of rotatable bonds is 11. The van der Waals surface area contributed by atoms with Crippen molar-refractivity contribution in [3.63, 3.8) is 0 Å². The van der Waals surface area contributed by atoms with Gasteiger partial charge in [0, 0.05) is 11.1 Å². The monoisotopic (exact) mass is 821 g/mol. The second-order valence-corrected chi connectivity index (χ2v) is 20.1. The molecule has 0 spiro atoms. The van der Waals surface area contributed by atoms with Crippen molar-refractivity contribution in [1.29, 1.82) is 0 Å². The van der Waals surface area contributed by atoms with Crippen LogP contribution >= 0.6 is 0 Å². The van der Waals surface area contributed by atoms with Crippen LogP contribution in [-0.4, -0.2) is 13.1 Å². The summed E-state index contributed by atoms with van der Waals surface area (Å²) in [6.07, 6.45) is 0. The van der Waals surface area contributed by atoms with Crippen LogP contribution in [0.1, 0.15) is 27.8 Å². The first kappa shape index (κ1) is 39.5. The normalized spacial score (nSPS) is 11.6. The van der Waals surface area contributed by atoms with Crippen molar-refractivity contribution >= 4 is 28.8 Å². The first-order chi connectivity index (χ1) is 31.2. The highest BCUT2D eigenvalue weighted by molar-refractivity contribution is 7.19. The number of aryl methyl sites for hydroxylation is 1. The molecule has 10 aromatic rings. The number of hydrogen-bond acceptors (Lipinski definition) is 1. The van der Waals surface area contributed by atoms with Gasteiger partial charge in [0.05, 0.1) is 16.8 Å². The molecular weight excluding hydrogens is 775 g/mol. The van der Waals surface area contributed by atoms with Gasteiger partial charge in [-0.1, -0.05) is 249 Å². The Bertz CT molecular complexity index is 2710. The van der Waals surface area contributed by atoms with Crippen molar-refractivity contribution in [3.05, 3.63) is 295 Å². The summed E-state index contributed by atoms with van der Waals surface area (Å²) in [7, 11) is -2.78. The van der Waals surface area contributed by atoms with Crippen LogP contribution in [0.5, 0.6) is 0 Å². The van der Waals surface area contributed by atoms with Gasteiger partial charge >= 0.3 is 0 Å². The van der Waals surface area contributed by atoms with Crippen LogP contribution in [0.4, 0.5) is 0 Å². The predicted octanol–water partition coefficient (Wildman–Crippen LogP) is 12.2. The molecule has 9 aromatic carbocycles. The van der Waals surface area contributed by atoms with Gasteiger partial charge in [0.25, 0.3) is 0 Å². The van der Waals surface area contributed by atoms with Crippen molar-refractivity contribution in [3.8, 4) is 33.6 Å². The third-order valence-electron chi connectivity index (χ3n) is 12.7. The molecule has 0 unspecified atom stereocenters. The maximum absolute atomic E-state index is 5.63. The standard InChI is InChI=1S/C61H47NSi/c1-46-24-20-21-41-58(46)49-44-59(47-25-22-33-53(42-47)61(50-27-8-2-9-28-50,51-29-10-3-11-30-51)52-31-12-4-13-32-52)62-60(45-49)48-26-23-40-57(43-48)63(54-34-14-5-15-35-54,55-36-16-6-17-37-55)56-38-18-7-19-39-56/h2-45H,1H3. The van der Waals surface area contributed by atoms with E-state index in [0.717, 1.165) is 28.1 Å². The number of hydrogen-bond donors (Lipinski definition) is 0. The van der Waals surface area contributed by atoms with E-state index in [4.69, 9.17) is 4.98 Å². The molecule has 1 heterocycles. The van der Waals surface area contributed by atoms with Crippen molar-refractivity contribution < 1.29 is 0 Å². The van der Waals surface area contributed by atoms with Crippen LogP contribution in [0, 0.1) is 6.92 Å². The fourth-order valence-electron chi connectivity index (χ4n) is 9.83. The van der Waals surface area contributed by atoms with Crippen molar-refractivity contribution in [2.75, 3.05) is 0 Å². The highest BCUT2D eigenvalue weighted by Crippen LogP contribution is 2.46. The largest absolute Gasteiger partial charge is 0.248 e. The molecule has 0 amide bonds. The predicted molar refractivity (Wildman–Crippen MR) is 267 cm³/mol. The molecule has 0 bridgehead atoms. The van der Waals surface area contributed by atoms with Gasteiger partial charge in [0.2, 0.25) is 0 Å². The zero-order valence-corrected chi connectivity index (χ0v) is 36.4. The summed E-state index contributed by atoms with van der Waals surface area (Å²) in [6.45, 7) is 2.20. The van der Waals surface area contributed by atoms with Gasteiger partial charge in [-0.2, -0.15) is 0 Å². The van der Waals surface area contributed by atoms with E-state index in [2.05, 4.69) is 274 Å². The summed E-state index contributed by atoms with van der Waals surface area (Å²) in [5.41, 5.74) is 11.8. The highest BCUT2D eigenvalue weighted by Gasteiger charge is 2.42. The maximum Gasteiger partial charge on any atom is 0.179 e. The summed E-state index contributed by atoms with van der Waals surface area (Å²) >= 11 is 0. The summed E-state index contributed by atoms with van der Waals surface area (Å²) in [6, 6.07) is 97.7. The lowest BCUT2D eigenvalue weighted by atomic mass is 9.65. The molecule has 63 heavy (non-hydrogen) atoms. The molecule has 0 atom stereocenters. The molecule has 1 nitrogen and oxygen atoms in total. The van der Waals surface area contributed by atoms with Gasteiger partial charge < -0.3 is 0 Å². The number of pyridine rings is 1. The average Bonchev–Trinajstić information content (AvgIpc) is 3.37. The smallest absolute Gasteiger partial charge is 0.179 e. The molecule has 0 aliphatic rings. The van der Waals surface area contributed by atoms with Crippen LogP contribution < -0.4 is 20.7 Å². The van der Waals surface area contributed by atoms with Gasteiger partial charge in [-0.15, -0.1) is 0 Å². The number of nitrogens with zero attached hydrogens (tertiary/aromatic N) is 1. The van der Waals surface area contributed by atoms with E-state index < -0.39 is 13.5 Å². The van der Waals surface area contributed by atoms with E-state index in [-0.39, 0.29) is 0 Å². The van der Waals surface area contributed by atoms with E-state index >= 15 is 0 Å². The van der Waals surface area contributed by atoms with E-state index in [1.54, 1.807) is 0 Å². The molecule has 1 aromatic heterocycles. The molecule has 300 valence electrons. The van der Waals surface area contributed by atoms with E-state index in [0.29, 0.717) is 0 Å². The molecule has 0 aliphatic heterocycles. The van der Waals surface area contributed by atoms with Crippen LogP contribution in [0.2, 0.25) is 0 Å². The Labute approximate surface area is 372 Å². The molecular formula is C61H47NSi. The Morgan fingerprint density at radius 2 is 0.667 bits per heavy atom. The molecule has 2 heteroatoms. The van der Waals surface area contributed by atoms with Gasteiger partial charge in [0.1, 0.15) is 0 Å². The van der Waals surface area contributed by atoms with Crippen molar-refractivity contribution in [2.45, 2.75) is 12.3 Å². The summed E-state index contributed by atoms with van der Waals surface area (Å²) in [4.78, 5) is 5.63. The van der Waals surface area contributed by atoms with Gasteiger partial charge in [-0.3, -0.25) is 0 Å². The Balaban J connectivity index is 1.21. The zero-order chi connectivity index (χ0) is 42.5. The lowest BCUT2D eigenvalue weighted by Crippen LogP contribution is -2.74. The van der Waals surface area contributed by atoms with E-state index in [9.17, 15) is 0 Å². The third kappa shape index (κ3) is 7.25. The minimum atomic E-state index is -2.78. The lowest BCUT2D eigenvalue weighted by molar-refractivity contribution is 0.745. The van der Waals surface area contributed by atoms with Crippen LogP contribution in [0.25, 0.3) is 33.6 Å². The SMILES string of the molecule is Cc1ccccc1-c1cc(-c2cccc(C(c3ccccc3)(c3ccccc3)c3ccccc3)c2)nc(-c2cccc([Si](c3ccccc3)(c3ccccc3)c3ccccc3)c2)c1. The molecule has 0 saturated carbocycles. The molecule has 0 N–H and O–H groups in total. The van der Waals surface area contributed by atoms with Gasteiger partial charge in [-0.25, -0.2) is 4.98 Å². The minimum Gasteiger partial charge on any atom is -0.248 e. The first-order valence-electron chi connectivity index (χ1n) is 21.8. The highest BCUT2D eigenvalue weighted by atomic mass is 28.3. The van der Waals surface area contributed by atoms with Crippen LogP contribution in [0.3, 0.4) is 0 Å². The number of aromatic nitrogens is 1. The average molecular weight is 822 g/mol. The second-order valence-electron chi connectivity index (χ2n) is 16.3. The summed E-state index contributed by atoms with van der Waals surface area (Å²) < 4.78 is 0. The van der Waals surface area contributed by atoms with Gasteiger partial charge in [0.15, 0.2) is 8.07 Å². The Morgan fingerprint density at radius 3 is 1.13 bits per heavy atom. The second kappa shape index (κ2) is 17.4. The molecule has 10 rings (SSSR count). The fourth-order valence-corrected chi connectivity index (χ4v) is 14.6. The van der Waals surface area contributed by atoms with E-state index in [1.165, 1.54) is 54.1 Å². The molecule has 0 aliphatic carbocycles. The molecule has 0 fully saturated rings. The minimum absolute atomic E-state index is 0.579. The fraction of sp³-hybridized carbons (Fsp3) is 0.0328. The van der Waals surface area contributed by atoms with Crippen LogP contribution in [-0.2, 0) is 5.41 Å². The number of benzene rings is 9. The Morgan fingerprint density at radius 1 is 0.302 bits per heavy atom. The van der Waals surface area contributed by atoms with Crippen molar-refractivity contribution in [1.82, 2.24) is 4.98 Å². The van der Waals surface area contributed by atoms with Crippen molar-refractivity contribution in [2.24, 2.45) is 0 Å². The third-order valence-corrected chi connectivity index (χ3v) is 17.5. The summed E-state index contributed by atoms with van der Waals surface area (Å²) in [5.74, 6) is 0. The summed E-state index contributed by atoms with van der Waals surface area (Å²) in [5, 5.41) is 5.35. The maximum atomic E-state index is 5.63. The Kier molecular flexibility index (Phi) is 10.9. The Hall–Kier alpha value is -7.65. The zero-order valence-electron chi connectivity index (χ0n) is 35.4. The molecule has 0 radical (unpaired) electrons. The van der Waals surface area contributed by atoms with Crippen LogP contribution in [0.15, 0.2) is 267 Å². The quantitative estimate of drug-likeness (QED) is 0.0935. The first-order valence-corrected chi connectivity index (χ1v) is 23.8.